The molecule has 32 heavy (non-hydrogen) atoms. The van der Waals surface area contributed by atoms with E-state index in [1.807, 2.05) is 30.3 Å². The van der Waals surface area contributed by atoms with Crippen molar-refractivity contribution in [2.24, 2.45) is 0 Å². The van der Waals surface area contributed by atoms with Gasteiger partial charge in [0.05, 0.1) is 23.6 Å². The van der Waals surface area contributed by atoms with E-state index in [0.29, 0.717) is 17.3 Å². The van der Waals surface area contributed by atoms with Gasteiger partial charge in [-0.05, 0) is 42.8 Å². The summed E-state index contributed by atoms with van der Waals surface area (Å²) in [6, 6.07) is 15.6. The average molecular weight is 451 g/mol. The van der Waals surface area contributed by atoms with Crippen molar-refractivity contribution < 1.29 is 13.9 Å². The Hall–Kier alpha value is -3.39. The number of thioether (sulfide) groups is 1. The topological polar surface area (TPSA) is 68.5 Å². The van der Waals surface area contributed by atoms with Gasteiger partial charge in [-0.25, -0.2) is 13.9 Å². The van der Waals surface area contributed by atoms with Crippen molar-refractivity contribution in [1.29, 1.82) is 0 Å². The number of para-hydroxylation sites is 1. The van der Waals surface area contributed by atoms with E-state index < -0.39 is 5.82 Å². The third-order valence-corrected chi connectivity index (χ3v) is 5.72. The van der Waals surface area contributed by atoms with Gasteiger partial charge < -0.3 is 10.1 Å². The van der Waals surface area contributed by atoms with Crippen molar-refractivity contribution in [2.45, 2.75) is 24.8 Å². The highest BCUT2D eigenvalue weighted by molar-refractivity contribution is 8.00. The summed E-state index contributed by atoms with van der Waals surface area (Å²) < 4.78 is 21.0. The number of halogens is 1. The Bertz CT molecular complexity index is 1230. The summed E-state index contributed by atoms with van der Waals surface area (Å²) in [6.45, 7) is 2.78. The summed E-state index contributed by atoms with van der Waals surface area (Å²) in [7, 11) is 0. The fourth-order valence-electron chi connectivity index (χ4n) is 3.17. The predicted octanol–water partition coefficient (Wildman–Crippen LogP) is 5.45. The molecule has 0 saturated heterocycles. The van der Waals surface area contributed by atoms with Gasteiger partial charge in [-0.1, -0.05) is 43.3 Å². The first-order chi connectivity index (χ1) is 15.6. The lowest BCUT2D eigenvalue weighted by molar-refractivity contribution is -0.113. The number of carbonyl (C=O) groups excluding carboxylic acids is 1. The van der Waals surface area contributed by atoms with Crippen LogP contribution in [0, 0.1) is 5.82 Å². The molecule has 0 radical (unpaired) electrons. The molecule has 0 atom stereocenters. The predicted molar refractivity (Wildman–Crippen MR) is 125 cm³/mol. The number of unbranched alkanes of at least 4 members (excludes halogenated alkanes) is 1. The fraction of sp³-hybridized carbons (Fsp3) is 0.208. The Balaban J connectivity index is 1.51. The molecule has 2 aromatic heterocycles. The van der Waals surface area contributed by atoms with E-state index in [0.717, 1.165) is 35.4 Å². The van der Waals surface area contributed by atoms with E-state index in [-0.39, 0.29) is 11.7 Å². The molecule has 2 aromatic carbocycles. The number of hydrogen-bond acceptors (Lipinski definition) is 5. The molecule has 8 heteroatoms. The van der Waals surface area contributed by atoms with Crippen LogP contribution in [0.3, 0.4) is 0 Å². The highest BCUT2D eigenvalue weighted by atomic mass is 32.2. The summed E-state index contributed by atoms with van der Waals surface area (Å²) in [4.78, 5) is 16.7. The second-order valence-electron chi connectivity index (χ2n) is 7.14. The first kappa shape index (κ1) is 21.8. The Labute approximate surface area is 189 Å². The van der Waals surface area contributed by atoms with Gasteiger partial charge in [-0.15, -0.1) is 0 Å². The van der Waals surface area contributed by atoms with Crippen LogP contribution in [-0.4, -0.2) is 32.9 Å². The molecule has 0 unspecified atom stereocenters. The van der Waals surface area contributed by atoms with Gasteiger partial charge in [0.25, 0.3) is 0 Å². The average Bonchev–Trinajstić information content (AvgIpc) is 3.23. The molecule has 164 valence electrons. The van der Waals surface area contributed by atoms with Crippen molar-refractivity contribution in [2.75, 3.05) is 17.7 Å². The van der Waals surface area contributed by atoms with Crippen LogP contribution in [0.5, 0.6) is 5.75 Å². The molecule has 2 heterocycles. The maximum Gasteiger partial charge on any atom is 0.234 e. The molecular weight excluding hydrogens is 427 g/mol. The van der Waals surface area contributed by atoms with Crippen LogP contribution >= 0.6 is 11.8 Å². The van der Waals surface area contributed by atoms with Crippen molar-refractivity contribution in [3.63, 3.8) is 0 Å². The van der Waals surface area contributed by atoms with Gasteiger partial charge in [-0.3, -0.25) is 4.79 Å². The number of fused-ring (bicyclic) bond motifs is 1. The molecule has 0 aliphatic heterocycles. The molecule has 6 nitrogen and oxygen atoms in total. The zero-order valence-corrected chi connectivity index (χ0v) is 18.4. The van der Waals surface area contributed by atoms with Gasteiger partial charge in [0.1, 0.15) is 16.6 Å². The Kier molecular flexibility index (Phi) is 7.01. The standard InChI is InChI=1S/C24H23FN4O2S/c1-2-3-13-31-22-10-5-4-9-19(22)20-15-21-24(26-11-12-29(21)28-20)32-16-23(30)27-18-8-6-7-17(25)14-18/h4-12,14-15H,2-3,13,16H2,1H3,(H,27,30). The zero-order chi connectivity index (χ0) is 22.3. The van der Waals surface area contributed by atoms with Crippen molar-refractivity contribution >= 4 is 28.9 Å². The monoisotopic (exact) mass is 450 g/mol. The molecule has 0 aliphatic carbocycles. The van der Waals surface area contributed by atoms with Crippen LogP contribution in [0.15, 0.2) is 72.0 Å². The Morgan fingerprint density at radius 2 is 2.06 bits per heavy atom. The quantitative estimate of drug-likeness (QED) is 0.271. The maximum absolute atomic E-state index is 13.3. The first-order valence-electron chi connectivity index (χ1n) is 10.4. The van der Waals surface area contributed by atoms with Gasteiger partial charge in [0.2, 0.25) is 5.91 Å². The van der Waals surface area contributed by atoms with Crippen molar-refractivity contribution in [3.8, 4) is 17.0 Å². The van der Waals surface area contributed by atoms with Gasteiger partial charge in [0.15, 0.2) is 0 Å². The summed E-state index contributed by atoms with van der Waals surface area (Å²) in [5.41, 5.74) is 2.91. The lowest BCUT2D eigenvalue weighted by Gasteiger charge is -2.09. The number of amides is 1. The molecule has 4 aromatic rings. The SMILES string of the molecule is CCCCOc1ccccc1-c1cc2c(SCC(=O)Nc3cccc(F)c3)nccn2n1. The highest BCUT2D eigenvalue weighted by Gasteiger charge is 2.14. The van der Waals surface area contributed by atoms with E-state index in [4.69, 9.17) is 4.74 Å². The lowest BCUT2D eigenvalue weighted by atomic mass is 10.1. The van der Waals surface area contributed by atoms with E-state index in [2.05, 4.69) is 22.3 Å². The highest BCUT2D eigenvalue weighted by Crippen LogP contribution is 2.31. The first-order valence-corrected chi connectivity index (χ1v) is 11.4. The van der Waals surface area contributed by atoms with Gasteiger partial charge in [-0.2, -0.15) is 5.10 Å². The van der Waals surface area contributed by atoms with Gasteiger partial charge >= 0.3 is 0 Å². The van der Waals surface area contributed by atoms with Crippen LogP contribution in [0.1, 0.15) is 19.8 Å². The van der Waals surface area contributed by atoms with E-state index >= 15 is 0 Å². The minimum absolute atomic E-state index is 0.139. The number of benzene rings is 2. The molecule has 0 fully saturated rings. The second-order valence-corrected chi connectivity index (χ2v) is 8.10. The number of aromatic nitrogens is 3. The maximum atomic E-state index is 13.3. The van der Waals surface area contributed by atoms with Crippen molar-refractivity contribution in [3.05, 3.63) is 72.8 Å². The zero-order valence-electron chi connectivity index (χ0n) is 17.6. The summed E-state index contributed by atoms with van der Waals surface area (Å²) in [5, 5.41) is 8.06. The fourth-order valence-corrected chi connectivity index (χ4v) is 3.94. The Morgan fingerprint density at radius 3 is 2.91 bits per heavy atom. The third-order valence-electron chi connectivity index (χ3n) is 4.72. The number of nitrogens with zero attached hydrogens (tertiary/aromatic N) is 3. The number of anilines is 1. The number of ether oxygens (including phenoxy) is 1. The number of hydrogen-bond donors (Lipinski definition) is 1. The van der Waals surface area contributed by atoms with E-state index in [1.165, 1.54) is 23.9 Å². The molecule has 0 saturated carbocycles. The largest absolute Gasteiger partial charge is 0.493 e. The van der Waals surface area contributed by atoms with Crippen LogP contribution in [0.4, 0.5) is 10.1 Å². The molecular formula is C24H23FN4O2S. The minimum Gasteiger partial charge on any atom is -0.493 e. The van der Waals surface area contributed by atoms with Crippen LogP contribution in [-0.2, 0) is 4.79 Å². The molecule has 1 N–H and O–H groups in total. The molecule has 1 amide bonds. The molecule has 0 spiro atoms. The van der Waals surface area contributed by atoms with Crippen LogP contribution < -0.4 is 10.1 Å². The van der Waals surface area contributed by atoms with Gasteiger partial charge in [0, 0.05) is 23.6 Å². The smallest absolute Gasteiger partial charge is 0.234 e. The third kappa shape index (κ3) is 5.26. The summed E-state index contributed by atoms with van der Waals surface area (Å²) in [5.74, 6) is 0.299. The number of carbonyl (C=O) groups is 1. The second kappa shape index (κ2) is 10.3. The van der Waals surface area contributed by atoms with Crippen LogP contribution in [0.25, 0.3) is 16.8 Å². The summed E-state index contributed by atoms with van der Waals surface area (Å²) >= 11 is 1.30. The Morgan fingerprint density at radius 1 is 1.19 bits per heavy atom. The summed E-state index contributed by atoms with van der Waals surface area (Å²) in [6.07, 6.45) is 5.48. The molecule has 0 aliphatic rings. The number of nitrogens with one attached hydrogen (secondary N) is 1. The van der Waals surface area contributed by atoms with E-state index in [1.54, 1.807) is 29.0 Å². The normalized spacial score (nSPS) is 10.9. The van der Waals surface area contributed by atoms with E-state index in [9.17, 15) is 9.18 Å². The number of rotatable bonds is 9. The minimum atomic E-state index is -0.396. The molecule has 0 bridgehead atoms. The van der Waals surface area contributed by atoms with Crippen LogP contribution in [0.2, 0.25) is 0 Å². The molecule has 4 rings (SSSR count). The van der Waals surface area contributed by atoms with Crippen molar-refractivity contribution in [1.82, 2.24) is 14.6 Å². The lowest BCUT2D eigenvalue weighted by Crippen LogP contribution is -2.14.